The Morgan fingerprint density at radius 2 is 1.79 bits per heavy atom. The quantitative estimate of drug-likeness (QED) is 0.769. The van der Waals surface area contributed by atoms with Crippen LogP contribution < -0.4 is 10.5 Å². The van der Waals surface area contributed by atoms with Crippen molar-refractivity contribution in [1.29, 1.82) is 0 Å². The Labute approximate surface area is 161 Å². The summed E-state index contributed by atoms with van der Waals surface area (Å²) in [5, 5.41) is 8.89. The Kier molecular flexibility index (Phi) is 6.51. The van der Waals surface area contributed by atoms with E-state index in [1.54, 1.807) is 26.0 Å². The molecule has 28 heavy (non-hydrogen) atoms. The summed E-state index contributed by atoms with van der Waals surface area (Å²) >= 11 is 0. The van der Waals surface area contributed by atoms with E-state index in [9.17, 15) is 18.0 Å². The molecule has 0 bridgehead atoms. The van der Waals surface area contributed by atoms with Crippen LogP contribution in [0.1, 0.15) is 35.2 Å². The summed E-state index contributed by atoms with van der Waals surface area (Å²) in [6, 6.07) is 13.5. The Balaban J connectivity index is 0.000000261. The number of halogens is 3. The standard InChI is InChI=1S/C13H11F3O3.C8H11N/c1-6-3-7(2)10-8(4-6)5-9(12(17)18)11(19-10)13(14,15)16;1-7(9)8-5-3-2-4-6-8/h3-5,11H,1-2H3,(H,17,18);2-7H,9H2,1H3. The van der Waals surface area contributed by atoms with Crippen molar-refractivity contribution in [2.24, 2.45) is 5.73 Å². The molecule has 0 fully saturated rings. The van der Waals surface area contributed by atoms with Gasteiger partial charge < -0.3 is 15.6 Å². The zero-order valence-corrected chi connectivity index (χ0v) is 15.7. The molecule has 2 aromatic carbocycles. The number of aliphatic carboxylic acids is 1. The van der Waals surface area contributed by atoms with Crippen LogP contribution in [-0.2, 0) is 4.79 Å². The Hall–Kier alpha value is -2.80. The molecule has 2 atom stereocenters. The number of carbonyl (C=O) groups is 1. The van der Waals surface area contributed by atoms with E-state index in [0.717, 1.165) is 11.6 Å². The highest BCUT2D eigenvalue weighted by Gasteiger charge is 2.48. The minimum atomic E-state index is -4.76. The van der Waals surface area contributed by atoms with Gasteiger partial charge in [0.1, 0.15) is 5.75 Å². The number of carboxylic acids is 1. The topological polar surface area (TPSA) is 72.6 Å². The lowest BCUT2D eigenvalue weighted by molar-refractivity contribution is -0.187. The van der Waals surface area contributed by atoms with Crippen LogP contribution >= 0.6 is 0 Å². The third-order valence-electron chi connectivity index (χ3n) is 4.15. The predicted molar refractivity (Wildman–Crippen MR) is 101 cm³/mol. The van der Waals surface area contributed by atoms with Gasteiger partial charge in [-0.2, -0.15) is 13.2 Å². The highest BCUT2D eigenvalue weighted by Crippen LogP contribution is 2.39. The predicted octanol–water partition coefficient (Wildman–Crippen LogP) is 4.80. The molecule has 150 valence electrons. The number of benzene rings is 2. The lowest BCUT2D eigenvalue weighted by Crippen LogP contribution is -2.40. The van der Waals surface area contributed by atoms with E-state index < -0.39 is 23.8 Å². The lowest BCUT2D eigenvalue weighted by atomic mass is 9.97. The minimum absolute atomic E-state index is 0.0814. The molecule has 0 saturated heterocycles. The van der Waals surface area contributed by atoms with Crippen LogP contribution in [0.25, 0.3) is 6.08 Å². The average molecular weight is 393 g/mol. The summed E-state index contributed by atoms with van der Waals surface area (Å²) in [7, 11) is 0. The van der Waals surface area contributed by atoms with Crippen molar-refractivity contribution in [3.05, 3.63) is 70.3 Å². The fraction of sp³-hybridized carbons (Fsp3) is 0.286. The van der Waals surface area contributed by atoms with E-state index in [2.05, 4.69) is 0 Å². The van der Waals surface area contributed by atoms with Gasteiger partial charge in [-0.15, -0.1) is 0 Å². The zero-order chi connectivity index (χ0) is 21.1. The number of aryl methyl sites for hydroxylation is 2. The van der Waals surface area contributed by atoms with Gasteiger partial charge in [-0.25, -0.2) is 4.79 Å². The summed E-state index contributed by atoms with van der Waals surface area (Å²) in [4.78, 5) is 10.9. The monoisotopic (exact) mass is 393 g/mol. The van der Waals surface area contributed by atoms with Crippen molar-refractivity contribution >= 4 is 12.0 Å². The van der Waals surface area contributed by atoms with Crippen LogP contribution in [-0.4, -0.2) is 23.4 Å². The molecule has 3 N–H and O–H groups in total. The molecular formula is C21H22F3NO3. The van der Waals surface area contributed by atoms with Gasteiger partial charge in [0.2, 0.25) is 6.10 Å². The van der Waals surface area contributed by atoms with Crippen LogP contribution in [0.3, 0.4) is 0 Å². The normalized spacial score (nSPS) is 16.7. The molecule has 2 aromatic rings. The number of carboxylic acid groups (broad SMARTS) is 1. The zero-order valence-electron chi connectivity index (χ0n) is 15.7. The van der Waals surface area contributed by atoms with Crippen LogP contribution in [0.5, 0.6) is 5.75 Å². The molecule has 0 amide bonds. The van der Waals surface area contributed by atoms with Gasteiger partial charge in [0.05, 0.1) is 5.57 Å². The second-order valence-electron chi connectivity index (χ2n) is 6.64. The van der Waals surface area contributed by atoms with Gasteiger partial charge in [0.25, 0.3) is 0 Å². The second kappa shape index (κ2) is 8.48. The highest BCUT2D eigenvalue weighted by atomic mass is 19.4. The number of hydrogen-bond donors (Lipinski definition) is 2. The van der Waals surface area contributed by atoms with Crippen LogP contribution in [0.15, 0.2) is 48.0 Å². The molecule has 1 aliphatic heterocycles. The summed E-state index contributed by atoms with van der Waals surface area (Å²) < 4.78 is 43.4. The van der Waals surface area contributed by atoms with Gasteiger partial charge in [-0.05, 0) is 44.0 Å². The van der Waals surface area contributed by atoms with Gasteiger partial charge in [-0.1, -0.05) is 42.0 Å². The first-order chi connectivity index (χ1) is 13.0. The van der Waals surface area contributed by atoms with E-state index in [1.165, 1.54) is 5.56 Å². The molecule has 0 aliphatic carbocycles. The molecule has 3 rings (SSSR count). The highest BCUT2D eigenvalue weighted by molar-refractivity contribution is 5.95. The molecule has 1 heterocycles. The number of fused-ring (bicyclic) bond motifs is 1. The van der Waals surface area contributed by atoms with Gasteiger partial charge in [0, 0.05) is 11.6 Å². The van der Waals surface area contributed by atoms with Crippen molar-refractivity contribution in [3.63, 3.8) is 0 Å². The molecule has 0 saturated carbocycles. The van der Waals surface area contributed by atoms with Gasteiger partial charge in [0.15, 0.2) is 0 Å². The molecule has 2 unspecified atom stereocenters. The van der Waals surface area contributed by atoms with E-state index in [1.807, 2.05) is 37.3 Å². The number of ether oxygens (including phenoxy) is 1. The maximum atomic E-state index is 12.8. The third-order valence-corrected chi connectivity index (χ3v) is 4.15. The Morgan fingerprint density at radius 3 is 2.25 bits per heavy atom. The summed E-state index contributed by atoms with van der Waals surface area (Å²) in [5.41, 5.74) is 7.73. The first kappa shape index (κ1) is 21.5. The third kappa shape index (κ3) is 5.13. The molecular weight excluding hydrogens is 371 g/mol. The van der Waals surface area contributed by atoms with Crippen molar-refractivity contribution in [1.82, 2.24) is 0 Å². The largest absolute Gasteiger partial charge is 0.478 e. The van der Waals surface area contributed by atoms with Crippen molar-refractivity contribution in [2.75, 3.05) is 0 Å². The Bertz CT molecular complexity index is 874. The first-order valence-electron chi connectivity index (χ1n) is 8.60. The maximum absolute atomic E-state index is 12.8. The van der Waals surface area contributed by atoms with E-state index >= 15 is 0 Å². The van der Waals surface area contributed by atoms with Crippen molar-refractivity contribution in [3.8, 4) is 5.75 Å². The first-order valence-corrected chi connectivity index (χ1v) is 8.60. The van der Waals surface area contributed by atoms with Crippen LogP contribution in [0.4, 0.5) is 13.2 Å². The van der Waals surface area contributed by atoms with Gasteiger partial charge >= 0.3 is 12.1 Å². The molecule has 0 spiro atoms. The van der Waals surface area contributed by atoms with Crippen molar-refractivity contribution < 1.29 is 27.8 Å². The second-order valence-corrected chi connectivity index (χ2v) is 6.64. The summed E-state index contributed by atoms with van der Waals surface area (Å²) in [6.45, 7) is 5.38. The fourth-order valence-corrected chi connectivity index (χ4v) is 2.85. The number of hydrogen-bond acceptors (Lipinski definition) is 3. The van der Waals surface area contributed by atoms with E-state index in [4.69, 9.17) is 15.6 Å². The van der Waals surface area contributed by atoms with E-state index in [0.29, 0.717) is 11.1 Å². The number of alkyl halides is 3. The number of nitrogens with two attached hydrogens (primary N) is 1. The van der Waals surface area contributed by atoms with Crippen molar-refractivity contribution in [2.45, 2.75) is 39.1 Å². The molecule has 0 aromatic heterocycles. The maximum Gasteiger partial charge on any atom is 0.430 e. The number of rotatable bonds is 2. The summed E-state index contributed by atoms with van der Waals surface area (Å²) in [6.07, 6.45) is -6.17. The van der Waals surface area contributed by atoms with E-state index in [-0.39, 0.29) is 11.8 Å². The molecule has 4 nitrogen and oxygen atoms in total. The van der Waals surface area contributed by atoms with Gasteiger partial charge in [-0.3, -0.25) is 0 Å². The smallest absolute Gasteiger partial charge is 0.430 e. The SMILES string of the molecule is CC(N)c1ccccc1.Cc1cc(C)c2c(c1)C=C(C(=O)O)C(C(F)(F)F)O2. The molecule has 0 radical (unpaired) electrons. The van der Waals surface area contributed by atoms with Crippen LogP contribution in [0.2, 0.25) is 0 Å². The minimum Gasteiger partial charge on any atom is -0.478 e. The lowest BCUT2D eigenvalue weighted by Gasteiger charge is -2.28. The summed E-state index contributed by atoms with van der Waals surface area (Å²) in [5.74, 6) is -1.55. The fourth-order valence-electron chi connectivity index (χ4n) is 2.85. The van der Waals surface area contributed by atoms with Crippen LogP contribution in [0, 0.1) is 13.8 Å². The Morgan fingerprint density at radius 1 is 1.18 bits per heavy atom. The average Bonchev–Trinajstić information content (AvgIpc) is 2.61. The molecule has 1 aliphatic rings. The molecule has 7 heteroatoms.